The number of thiophene rings is 1. The van der Waals surface area contributed by atoms with Crippen LogP contribution in [-0.2, 0) is 4.79 Å². The van der Waals surface area contributed by atoms with Crippen LogP contribution in [0.4, 0.5) is 16.2 Å². The normalized spacial score (nSPS) is 14.7. The zero-order valence-electron chi connectivity index (χ0n) is 15.9. The van der Waals surface area contributed by atoms with Crippen molar-refractivity contribution in [2.75, 3.05) is 31.3 Å². The maximum atomic E-state index is 12.4. The van der Waals surface area contributed by atoms with Gasteiger partial charge >= 0.3 is 6.03 Å². The van der Waals surface area contributed by atoms with Crippen molar-refractivity contribution in [1.82, 2.24) is 10.2 Å². The molecule has 0 bridgehead atoms. The van der Waals surface area contributed by atoms with Gasteiger partial charge in [0.2, 0.25) is 5.91 Å². The molecule has 3 amide bonds. The summed E-state index contributed by atoms with van der Waals surface area (Å²) < 4.78 is 0. The highest BCUT2D eigenvalue weighted by Gasteiger charge is 2.29. The number of nitrogens with one attached hydrogen (secondary N) is 3. The molecule has 7 heteroatoms. The standard InChI is InChI=1S/C20H26N4O2S/c1-13-6-9-15(22-19(25)14-7-8-14)11-16(13)23-20(26)21-12-17(24(2)3)18-5-4-10-27-18/h4-6,9-11,14,17H,7-8,12H2,1-3H3,(H,22,25)(H2,21,23,26). The van der Waals surface area contributed by atoms with Crippen LogP contribution in [0.5, 0.6) is 0 Å². The lowest BCUT2D eigenvalue weighted by Gasteiger charge is -2.23. The number of nitrogens with zero attached hydrogens (tertiary/aromatic N) is 1. The maximum absolute atomic E-state index is 12.4. The van der Waals surface area contributed by atoms with E-state index < -0.39 is 0 Å². The van der Waals surface area contributed by atoms with Gasteiger partial charge in [0.15, 0.2) is 0 Å². The summed E-state index contributed by atoms with van der Waals surface area (Å²) in [7, 11) is 4.00. The lowest BCUT2D eigenvalue weighted by molar-refractivity contribution is -0.117. The molecule has 0 aliphatic heterocycles. The number of carbonyl (C=O) groups excluding carboxylic acids is 2. The number of likely N-dealkylation sites (N-methyl/N-ethyl adjacent to an activating group) is 1. The van der Waals surface area contributed by atoms with E-state index >= 15 is 0 Å². The Kier molecular flexibility index (Phi) is 6.13. The first-order valence-electron chi connectivity index (χ1n) is 9.10. The molecule has 0 saturated heterocycles. The van der Waals surface area contributed by atoms with E-state index in [2.05, 4.69) is 26.9 Å². The molecule has 1 atom stereocenters. The molecule has 1 aliphatic rings. The summed E-state index contributed by atoms with van der Waals surface area (Å²) in [6.45, 7) is 2.44. The van der Waals surface area contributed by atoms with Crippen LogP contribution in [0.1, 0.15) is 29.3 Å². The number of benzene rings is 1. The van der Waals surface area contributed by atoms with E-state index in [-0.39, 0.29) is 23.9 Å². The molecule has 0 spiro atoms. The van der Waals surface area contributed by atoms with Crippen molar-refractivity contribution in [3.63, 3.8) is 0 Å². The number of urea groups is 1. The predicted octanol–water partition coefficient (Wildman–Crippen LogP) is 3.83. The van der Waals surface area contributed by atoms with Gasteiger partial charge in [-0.2, -0.15) is 0 Å². The average Bonchev–Trinajstić information content (AvgIpc) is 3.34. The predicted molar refractivity (Wildman–Crippen MR) is 110 cm³/mol. The molecule has 1 fully saturated rings. The Labute approximate surface area is 164 Å². The average molecular weight is 387 g/mol. The summed E-state index contributed by atoms with van der Waals surface area (Å²) in [6.07, 6.45) is 1.92. The molecule has 1 unspecified atom stereocenters. The monoisotopic (exact) mass is 386 g/mol. The van der Waals surface area contributed by atoms with Gasteiger partial charge < -0.3 is 20.9 Å². The second-order valence-electron chi connectivity index (χ2n) is 7.12. The van der Waals surface area contributed by atoms with Crippen molar-refractivity contribution >= 4 is 34.6 Å². The quantitative estimate of drug-likeness (QED) is 0.677. The zero-order valence-corrected chi connectivity index (χ0v) is 16.7. The smallest absolute Gasteiger partial charge is 0.319 e. The minimum atomic E-state index is -0.257. The molecule has 3 N–H and O–H groups in total. The van der Waals surface area contributed by atoms with Crippen molar-refractivity contribution in [3.05, 3.63) is 46.2 Å². The minimum Gasteiger partial charge on any atom is -0.336 e. The van der Waals surface area contributed by atoms with Crippen LogP contribution in [0.15, 0.2) is 35.7 Å². The van der Waals surface area contributed by atoms with Crippen molar-refractivity contribution in [3.8, 4) is 0 Å². The first kappa shape index (κ1) is 19.4. The molecule has 1 heterocycles. The molecular weight excluding hydrogens is 360 g/mol. The Morgan fingerprint density at radius 2 is 2.00 bits per heavy atom. The van der Waals surface area contributed by atoms with Gasteiger partial charge in [-0.05, 0) is 63.0 Å². The third kappa shape index (κ3) is 5.30. The Bertz CT molecular complexity index is 800. The molecule has 1 aliphatic carbocycles. The topological polar surface area (TPSA) is 73.5 Å². The van der Waals surface area contributed by atoms with Gasteiger partial charge in [-0.25, -0.2) is 4.79 Å². The van der Waals surface area contributed by atoms with Crippen LogP contribution in [-0.4, -0.2) is 37.5 Å². The second-order valence-corrected chi connectivity index (χ2v) is 8.10. The van der Waals surface area contributed by atoms with Gasteiger partial charge in [0.05, 0.1) is 6.04 Å². The van der Waals surface area contributed by atoms with E-state index in [1.807, 2.05) is 44.6 Å². The van der Waals surface area contributed by atoms with Crippen LogP contribution >= 0.6 is 11.3 Å². The summed E-state index contributed by atoms with van der Waals surface area (Å²) in [6, 6.07) is 9.52. The summed E-state index contributed by atoms with van der Waals surface area (Å²) >= 11 is 1.68. The van der Waals surface area contributed by atoms with Gasteiger partial charge in [-0.1, -0.05) is 12.1 Å². The number of anilines is 2. The van der Waals surface area contributed by atoms with E-state index in [9.17, 15) is 9.59 Å². The number of hydrogen-bond donors (Lipinski definition) is 3. The maximum Gasteiger partial charge on any atom is 0.319 e. The Morgan fingerprint density at radius 1 is 1.22 bits per heavy atom. The molecule has 6 nitrogen and oxygen atoms in total. The fraction of sp³-hybridized carbons (Fsp3) is 0.400. The summed E-state index contributed by atoms with van der Waals surface area (Å²) in [5, 5.41) is 10.8. The van der Waals surface area contributed by atoms with Crippen LogP contribution < -0.4 is 16.0 Å². The van der Waals surface area contributed by atoms with Crippen LogP contribution in [0.25, 0.3) is 0 Å². The Balaban J connectivity index is 1.58. The van der Waals surface area contributed by atoms with Gasteiger partial charge in [0.1, 0.15) is 0 Å². The molecule has 1 aromatic heterocycles. The molecule has 1 saturated carbocycles. The molecule has 0 radical (unpaired) electrons. The lowest BCUT2D eigenvalue weighted by Crippen LogP contribution is -2.36. The van der Waals surface area contributed by atoms with E-state index in [1.165, 1.54) is 4.88 Å². The van der Waals surface area contributed by atoms with Crippen LogP contribution in [0.3, 0.4) is 0 Å². The van der Waals surface area contributed by atoms with Crippen molar-refractivity contribution in [2.45, 2.75) is 25.8 Å². The largest absolute Gasteiger partial charge is 0.336 e. The van der Waals surface area contributed by atoms with Gasteiger partial charge in [-0.3, -0.25) is 4.79 Å². The molecule has 27 heavy (non-hydrogen) atoms. The molecule has 3 rings (SSSR count). The second kappa shape index (κ2) is 8.54. The third-order valence-corrected chi connectivity index (χ3v) is 5.63. The number of rotatable bonds is 7. The van der Waals surface area contributed by atoms with Gasteiger partial charge in [-0.15, -0.1) is 11.3 Å². The SMILES string of the molecule is Cc1ccc(NC(=O)C2CC2)cc1NC(=O)NCC(c1cccs1)N(C)C. The number of hydrogen-bond acceptors (Lipinski definition) is 4. The van der Waals surface area contributed by atoms with Crippen LogP contribution in [0, 0.1) is 12.8 Å². The summed E-state index contributed by atoms with van der Waals surface area (Å²) in [4.78, 5) is 27.6. The Hall–Kier alpha value is -2.38. The zero-order chi connectivity index (χ0) is 19.4. The summed E-state index contributed by atoms with van der Waals surface area (Å²) in [5.41, 5.74) is 2.34. The van der Waals surface area contributed by atoms with Gasteiger partial charge in [0.25, 0.3) is 0 Å². The number of aryl methyl sites for hydroxylation is 1. The van der Waals surface area contributed by atoms with E-state index in [0.29, 0.717) is 17.9 Å². The van der Waals surface area contributed by atoms with Gasteiger partial charge in [0, 0.05) is 28.7 Å². The fourth-order valence-electron chi connectivity index (χ4n) is 2.80. The van der Waals surface area contributed by atoms with Crippen LogP contribution in [0.2, 0.25) is 0 Å². The fourth-order valence-corrected chi connectivity index (χ4v) is 3.72. The first-order chi connectivity index (χ1) is 12.9. The number of carbonyl (C=O) groups is 2. The van der Waals surface area contributed by atoms with E-state index in [0.717, 1.165) is 18.4 Å². The lowest BCUT2D eigenvalue weighted by atomic mass is 10.1. The van der Waals surface area contributed by atoms with Crippen molar-refractivity contribution in [1.29, 1.82) is 0 Å². The highest BCUT2D eigenvalue weighted by Crippen LogP contribution is 2.31. The summed E-state index contributed by atoms with van der Waals surface area (Å²) in [5.74, 6) is 0.199. The van der Waals surface area contributed by atoms with Crippen molar-refractivity contribution < 1.29 is 9.59 Å². The number of amides is 3. The molecule has 1 aromatic carbocycles. The highest BCUT2D eigenvalue weighted by atomic mass is 32.1. The van der Waals surface area contributed by atoms with E-state index in [4.69, 9.17) is 0 Å². The Morgan fingerprint density at radius 3 is 2.63 bits per heavy atom. The third-order valence-electron chi connectivity index (χ3n) is 4.65. The first-order valence-corrected chi connectivity index (χ1v) is 9.98. The minimum absolute atomic E-state index is 0.0547. The molecular formula is C20H26N4O2S. The highest BCUT2D eigenvalue weighted by molar-refractivity contribution is 7.10. The van der Waals surface area contributed by atoms with E-state index in [1.54, 1.807) is 17.4 Å². The van der Waals surface area contributed by atoms with Crippen molar-refractivity contribution in [2.24, 2.45) is 5.92 Å². The molecule has 144 valence electrons. The molecule has 2 aromatic rings.